The highest BCUT2D eigenvalue weighted by atomic mass is 16.6. The number of nitro groups is 1. The highest BCUT2D eigenvalue weighted by Gasteiger charge is 2.21. The summed E-state index contributed by atoms with van der Waals surface area (Å²) in [6, 6.07) is 29.4. The molecule has 7 nitrogen and oxygen atoms in total. The van der Waals surface area contributed by atoms with Crippen molar-refractivity contribution >= 4 is 33.3 Å². The van der Waals surface area contributed by atoms with E-state index in [1.165, 1.54) is 16.7 Å². The third-order valence-corrected chi connectivity index (χ3v) is 6.25. The lowest BCUT2D eigenvalue weighted by Gasteiger charge is -2.14. The van der Waals surface area contributed by atoms with E-state index in [1.54, 1.807) is 12.1 Å². The predicted octanol–water partition coefficient (Wildman–Crippen LogP) is 5.08. The number of pyridine rings is 1. The molecule has 178 valence electrons. The Hall–Kier alpha value is -4.78. The Morgan fingerprint density at radius 2 is 1.58 bits per heavy atom. The van der Waals surface area contributed by atoms with Crippen molar-refractivity contribution in [2.75, 3.05) is 6.54 Å². The van der Waals surface area contributed by atoms with Crippen LogP contribution in [0.15, 0.2) is 102 Å². The number of carbonyl (C=O) groups excluding carboxylic acids is 1. The summed E-state index contributed by atoms with van der Waals surface area (Å²) >= 11 is 0. The molecule has 0 aliphatic carbocycles. The van der Waals surface area contributed by atoms with E-state index in [4.69, 9.17) is 0 Å². The van der Waals surface area contributed by atoms with Crippen molar-refractivity contribution in [2.24, 2.45) is 0 Å². The summed E-state index contributed by atoms with van der Waals surface area (Å²) in [5.74, 6) is -0.553. The van der Waals surface area contributed by atoms with Crippen molar-refractivity contribution in [1.82, 2.24) is 9.88 Å². The zero-order chi connectivity index (χ0) is 25.1. The number of aromatic nitrogens is 1. The lowest BCUT2D eigenvalue weighted by Crippen LogP contribution is -2.34. The van der Waals surface area contributed by atoms with Gasteiger partial charge in [-0.05, 0) is 46.5 Å². The van der Waals surface area contributed by atoms with E-state index in [9.17, 15) is 19.7 Å². The molecular weight excluding hydrogens is 454 g/mol. The molecule has 1 aromatic heterocycles. The molecule has 0 fully saturated rings. The molecular formula is C29H23N3O4. The second-order valence-corrected chi connectivity index (χ2v) is 8.59. The third kappa shape index (κ3) is 4.59. The van der Waals surface area contributed by atoms with Crippen molar-refractivity contribution in [2.45, 2.75) is 13.0 Å². The highest BCUT2D eigenvalue weighted by molar-refractivity contribution is 5.99. The Bertz CT molecular complexity index is 1660. The maximum Gasteiger partial charge on any atom is 0.278 e. The first-order chi connectivity index (χ1) is 17.5. The fourth-order valence-electron chi connectivity index (χ4n) is 4.44. The first-order valence-corrected chi connectivity index (χ1v) is 11.6. The largest absolute Gasteiger partial charge is 0.352 e. The normalized spacial score (nSPS) is 11.0. The SMILES string of the molecule is O=C(NCCc1ccccc1)c1cc2c([N+](=O)[O-])cccc2n(Cc2ccc3ccccc3c2)c1=O. The molecule has 0 atom stereocenters. The van der Waals surface area contributed by atoms with Gasteiger partial charge in [0, 0.05) is 12.6 Å². The summed E-state index contributed by atoms with van der Waals surface area (Å²) in [4.78, 5) is 37.9. The lowest BCUT2D eigenvalue weighted by atomic mass is 10.1. The summed E-state index contributed by atoms with van der Waals surface area (Å²) < 4.78 is 1.44. The summed E-state index contributed by atoms with van der Waals surface area (Å²) in [6.45, 7) is 0.508. The topological polar surface area (TPSA) is 94.2 Å². The number of rotatable bonds is 7. The number of amides is 1. The van der Waals surface area contributed by atoms with Gasteiger partial charge in [0.1, 0.15) is 5.56 Å². The minimum atomic E-state index is -0.553. The Labute approximate surface area is 206 Å². The number of benzene rings is 4. The van der Waals surface area contributed by atoms with Crippen LogP contribution < -0.4 is 10.9 Å². The highest BCUT2D eigenvalue weighted by Crippen LogP contribution is 2.26. The first kappa shape index (κ1) is 23.0. The van der Waals surface area contributed by atoms with Gasteiger partial charge in [0.05, 0.1) is 22.4 Å². The van der Waals surface area contributed by atoms with E-state index >= 15 is 0 Å². The second-order valence-electron chi connectivity index (χ2n) is 8.59. The van der Waals surface area contributed by atoms with Crippen molar-refractivity contribution in [3.63, 3.8) is 0 Å². The standard InChI is InChI=1S/C29H23N3O4/c33-28(30-16-15-20-7-2-1-3-8-20)25-18-24-26(11-6-12-27(24)32(35)36)31(29(25)34)19-21-13-14-22-9-4-5-10-23(22)17-21/h1-14,17-18H,15-16,19H2,(H,30,33). The number of nitro benzene ring substituents is 1. The first-order valence-electron chi connectivity index (χ1n) is 11.6. The van der Waals surface area contributed by atoms with Crippen LogP contribution in [0.1, 0.15) is 21.5 Å². The van der Waals surface area contributed by atoms with E-state index in [2.05, 4.69) is 5.32 Å². The van der Waals surface area contributed by atoms with Crippen LogP contribution in [0.25, 0.3) is 21.7 Å². The summed E-state index contributed by atoms with van der Waals surface area (Å²) in [5.41, 5.74) is 1.55. The Morgan fingerprint density at radius 1 is 0.833 bits per heavy atom. The molecule has 1 heterocycles. The number of nitrogens with zero attached hydrogens (tertiary/aromatic N) is 2. The molecule has 0 bridgehead atoms. The van der Waals surface area contributed by atoms with E-state index in [1.807, 2.05) is 72.8 Å². The zero-order valence-electron chi connectivity index (χ0n) is 19.4. The van der Waals surface area contributed by atoms with Gasteiger partial charge in [-0.25, -0.2) is 0 Å². The average molecular weight is 478 g/mol. The molecule has 5 rings (SSSR count). The van der Waals surface area contributed by atoms with E-state index in [0.717, 1.165) is 21.9 Å². The minimum Gasteiger partial charge on any atom is -0.352 e. The van der Waals surface area contributed by atoms with Gasteiger partial charge in [-0.3, -0.25) is 19.7 Å². The second kappa shape index (κ2) is 9.84. The molecule has 0 unspecified atom stereocenters. The maximum absolute atomic E-state index is 13.5. The van der Waals surface area contributed by atoms with Crippen LogP contribution in [-0.2, 0) is 13.0 Å². The number of nitrogens with one attached hydrogen (secondary N) is 1. The molecule has 36 heavy (non-hydrogen) atoms. The molecule has 0 radical (unpaired) electrons. The van der Waals surface area contributed by atoms with Crippen LogP contribution in [0.5, 0.6) is 0 Å². The number of hydrogen-bond donors (Lipinski definition) is 1. The zero-order valence-corrected chi connectivity index (χ0v) is 19.4. The van der Waals surface area contributed by atoms with Crippen LogP contribution in [-0.4, -0.2) is 21.9 Å². The van der Waals surface area contributed by atoms with Crippen molar-refractivity contribution in [1.29, 1.82) is 0 Å². The molecule has 1 N–H and O–H groups in total. The van der Waals surface area contributed by atoms with E-state index in [0.29, 0.717) is 18.5 Å². The quantitative estimate of drug-likeness (QED) is 0.261. The van der Waals surface area contributed by atoms with Gasteiger partial charge in [0.15, 0.2) is 0 Å². The van der Waals surface area contributed by atoms with Crippen LogP contribution >= 0.6 is 0 Å². The van der Waals surface area contributed by atoms with Crippen LogP contribution in [0, 0.1) is 10.1 Å². The van der Waals surface area contributed by atoms with Gasteiger partial charge >= 0.3 is 0 Å². The molecule has 0 aliphatic rings. The van der Waals surface area contributed by atoms with E-state index < -0.39 is 16.4 Å². The molecule has 0 saturated heterocycles. The summed E-state index contributed by atoms with van der Waals surface area (Å²) in [6.07, 6.45) is 0.603. The van der Waals surface area contributed by atoms with Gasteiger partial charge in [0.2, 0.25) is 0 Å². The third-order valence-electron chi connectivity index (χ3n) is 6.25. The van der Waals surface area contributed by atoms with Gasteiger partial charge in [-0.15, -0.1) is 0 Å². The van der Waals surface area contributed by atoms with Gasteiger partial charge in [-0.1, -0.05) is 72.8 Å². The molecule has 7 heteroatoms. The fourth-order valence-corrected chi connectivity index (χ4v) is 4.44. The van der Waals surface area contributed by atoms with Gasteiger partial charge in [-0.2, -0.15) is 0 Å². The number of fused-ring (bicyclic) bond motifs is 2. The molecule has 0 saturated carbocycles. The average Bonchev–Trinajstić information content (AvgIpc) is 2.90. The maximum atomic E-state index is 13.5. The van der Waals surface area contributed by atoms with Gasteiger partial charge in [0.25, 0.3) is 17.2 Å². The van der Waals surface area contributed by atoms with Crippen LogP contribution in [0.3, 0.4) is 0 Å². The molecule has 0 aliphatic heterocycles. The van der Waals surface area contributed by atoms with Crippen LogP contribution in [0.4, 0.5) is 5.69 Å². The Balaban J connectivity index is 1.55. The monoisotopic (exact) mass is 477 g/mol. The number of non-ortho nitro benzene ring substituents is 1. The number of hydrogen-bond acceptors (Lipinski definition) is 4. The van der Waals surface area contributed by atoms with Crippen molar-refractivity contribution < 1.29 is 9.72 Å². The Kier molecular flexibility index (Phi) is 6.28. The molecule has 4 aromatic carbocycles. The number of carbonyl (C=O) groups is 1. The van der Waals surface area contributed by atoms with E-state index in [-0.39, 0.29) is 23.2 Å². The van der Waals surface area contributed by atoms with Crippen molar-refractivity contribution in [3.05, 3.63) is 134 Å². The lowest BCUT2D eigenvalue weighted by molar-refractivity contribution is -0.383. The fraction of sp³-hybridized carbons (Fsp3) is 0.103. The van der Waals surface area contributed by atoms with Crippen LogP contribution in [0.2, 0.25) is 0 Å². The van der Waals surface area contributed by atoms with Gasteiger partial charge < -0.3 is 9.88 Å². The minimum absolute atomic E-state index is 0.120. The molecule has 5 aromatic rings. The predicted molar refractivity (Wildman–Crippen MR) is 140 cm³/mol. The smallest absolute Gasteiger partial charge is 0.278 e. The van der Waals surface area contributed by atoms with Crippen molar-refractivity contribution in [3.8, 4) is 0 Å². The summed E-state index contributed by atoms with van der Waals surface area (Å²) in [7, 11) is 0. The Morgan fingerprint density at radius 3 is 2.36 bits per heavy atom. The molecule has 0 spiro atoms. The summed E-state index contributed by atoms with van der Waals surface area (Å²) in [5, 5.41) is 16.9. The molecule has 1 amide bonds.